The zero-order valence-electron chi connectivity index (χ0n) is 15.2. The molecule has 1 aromatic heterocycles. The Morgan fingerprint density at radius 3 is 2.50 bits per heavy atom. The minimum Gasteiger partial charge on any atom is -0.357 e. The molecule has 4 aliphatic rings. The first-order valence-electron chi connectivity index (χ1n) is 9.78. The van der Waals surface area contributed by atoms with Gasteiger partial charge in [-0.05, 0) is 80.5 Å². The molecule has 2 amide bonds. The number of aromatic amines is 1. The zero-order chi connectivity index (χ0) is 17.9. The van der Waals surface area contributed by atoms with Crippen LogP contribution in [0.1, 0.15) is 44.2 Å². The number of fused-ring (bicyclic) bond motifs is 1. The van der Waals surface area contributed by atoms with Crippen molar-refractivity contribution in [2.75, 3.05) is 7.05 Å². The molecule has 0 spiro atoms. The van der Waals surface area contributed by atoms with Gasteiger partial charge in [-0.1, -0.05) is 0 Å². The van der Waals surface area contributed by atoms with Gasteiger partial charge in [0, 0.05) is 29.2 Å². The number of H-pyrrole nitrogens is 1. The molecular weight excluding hydrogens is 329 g/mol. The van der Waals surface area contributed by atoms with Crippen LogP contribution in [-0.2, 0) is 6.54 Å². The van der Waals surface area contributed by atoms with E-state index in [0.29, 0.717) is 6.54 Å². The van der Waals surface area contributed by atoms with E-state index in [9.17, 15) is 9.18 Å². The van der Waals surface area contributed by atoms with Crippen molar-refractivity contribution >= 4 is 16.9 Å². The van der Waals surface area contributed by atoms with Crippen molar-refractivity contribution < 1.29 is 9.18 Å². The summed E-state index contributed by atoms with van der Waals surface area (Å²) in [6.45, 7) is 0.495. The van der Waals surface area contributed by atoms with Crippen LogP contribution in [0.5, 0.6) is 0 Å². The second-order valence-electron chi connectivity index (χ2n) is 9.01. The highest BCUT2D eigenvalue weighted by Gasteiger charge is 2.51. The van der Waals surface area contributed by atoms with Crippen LogP contribution in [0.2, 0.25) is 0 Å². The van der Waals surface area contributed by atoms with Gasteiger partial charge in [0.25, 0.3) is 0 Å². The van der Waals surface area contributed by atoms with E-state index in [0.717, 1.165) is 53.6 Å². The minimum absolute atomic E-state index is 0.0109. The number of hydrogen-bond acceptors (Lipinski definition) is 1. The molecule has 0 atom stereocenters. The maximum atomic E-state index is 13.4. The summed E-state index contributed by atoms with van der Waals surface area (Å²) >= 11 is 0. The van der Waals surface area contributed by atoms with Gasteiger partial charge in [-0.25, -0.2) is 9.18 Å². The van der Waals surface area contributed by atoms with Gasteiger partial charge in [-0.2, -0.15) is 0 Å². The van der Waals surface area contributed by atoms with E-state index in [1.165, 1.54) is 31.4 Å². The van der Waals surface area contributed by atoms with Crippen molar-refractivity contribution in [3.05, 3.63) is 35.8 Å². The summed E-state index contributed by atoms with van der Waals surface area (Å²) in [6.07, 6.45) is 7.59. The molecule has 5 heteroatoms. The van der Waals surface area contributed by atoms with E-state index in [2.05, 4.69) is 10.3 Å². The van der Waals surface area contributed by atoms with Gasteiger partial charge >= 0.3 is 6.03 Å². The maximum Gasteiger partial charge on any atom is 0.317 e. The Labute approximate surface area is 153 Å². The largest absolute Gasteiger partial charge is 0.357 e. The normalized spacial score (nSPS) is 32.2. The average Bonchev–Trinajstić information content (AvgIpc) is 2.94. The molecule has 26 heavy (non-hydrogen) atoms. The number of hydrogen-bond donors (Lipinski definition) is 2. The van der Waals surface area contributed by atoms with Crippen LogP contribution in [-0.4, -0.2) is 28.5 Å². The molecule has 6 rings (SSSR count). The Morgan fingerprint density at radius 2 is 1.85 bits per heavy atom. The minimum atomic E-state index is -0.240. The van der Waals surface area contributed by atoms with Gasteiger partial charge in [-0.3, -0.25) is 0 Å². The predicted octanol–water partition coefficient (Wildman–Crippen LogP) is 4.42. The van der Waals surface area contributed by atoms with Crippen molar-refractivity contribution in [2.24, 2.45) is 17.8 Å². The summed E-state index contributed by atoms with van der Waals surface area (Å²) in [5, 5.41) is 4.24. The van der Waals surface area contributed by atoms with Gasteiger partial charge in [0.15, 0.2) is 0 Å². The van der Waals surface area contributed by atoms with Crippen LogP contribution in [0, 0.1) is 23.6 Å². The standard InChI is InChI=1S/C21H26FN3O/c1-25(12-18-8-16-7-17(22)2-3-19(16)23-18)20(26)24-21-9-13-4-14(10-21)6-15(5-13)11-21/h2-3,7-8,13-15,23H,4-6,9-12H2,1H3,(H,24,26). The molecular formula is C21H26FN3O. The fourth-order valence-electron chi connectivity index (χ4n) is 6.16. The summed E-state index contributed by atoms with van der Waals surface area (Å²) in [7, 11) is 1.84. The first-order valence-corrected chi connectivity index (χ1v) is 9.78. The van der Waals surface area contributed by atoms with Crippen LogP contribution >= 0.6 is 0 Å². The molecule has 1 aromatic carbocycles. The van der Waals surface area contributed by atoms with E-state index in [1.807, 2.05) is 13.1 Å². The molecule has 0 saturated heterocycles. The number of carbonyl (C=O) groups is 1. The number of halogens is 1. The van der Waals surface area contributed by atoms with Crippen LogP contribution in [0.3, 0.4) is 0 Å². The van der Waals surface area contributed by atoms with Crippen LogP contribution in [0.25, 0.3) is 10.9 Å². The third kappa shape index (κ3) is 2.78. The summed E-state index contributed by atoms with van der Waals surface area (Å²) < 4.78 is 13.4. The Kier molecular flexibility index (Phi) is 3.56. The molecule has 4 saturated carbocycles. The van der Waals surface area contributed by atoms with Crippen LogP contribution in [0.15, 0.2) is 24.3 Å². The van der Waals surface area contributed by atoms with E-state index >= 15 is 0 Å². The number of nitrogens with one attached hydrogen (secondary N) is 2. The topological polar surface area (TPSA) is 48.1 Å². The smallest absolute Gasteiger partial charge is 0.317 e. The van der Waals surface area contributed by atoms with Crippen molar-refractivity contribution in [3.8, 4) is 0 Å². The highest BCUT2D eigenvalue weighted by Crippen LogP contribution is 2.55. The molecule has 138 valence electrons. The molecule has 0 unspecified atom stereocenters. The highest BCUT2D eigenvalue weighted by molar-refractivity contribution is 5.80. The first kappa shape index (κ1) is 16.2. The quantitative estimate of drug-likeness (QED) is 0.841. The average molecular weight is 355 g/mol. The zero-order valence-corrected chi connectivity index (χ0v) is 15.2. The molecule has 4 nitrogen and oxygen atoms in total. The van der Waals surface area contributed by atoms with Crippen molar-refractivity contribution in [2.45, 2.75) is 50.6 Å². The van der Waals surface area contributed by atoms with Gasteiger partial charge < -0.3 is 15.2 Å². The van der Waals surface area contributed by atoms with Gasteiger partial charge in [0.2, 0.25) is 0 Å². The molecule has 2 N–H and O–H groups in total. The van der Waals surface area contributed by atoms with Gasteiger partial charge in [-0.15, -0.1) is 0 Å². The predicted molar refractivity (Wildman–Crippen MR) is 99.2 cm³/mol. The first-order chi connectivity index (χ1) is 12.5. The number of benzene rings is 1. The lowest BCUT2D eigenvalue weighted by Gasteiger charge is -2.57. The lowest BCUT2D eigenvalue weighted by atomic mass is 9.53. The highest BCUT2D eigenvalue weighted by atomic mass is 19.1. The van der Waals surface area contributed by atoms with Gasteiger partial charge in [0.05, 0.1) is 6.54 Å². The SMILES string of the molecule is CN(Cc1cc2cc(F)ccc2[nH]1)C(=O)NC12CC3CC(CC(C3)C1)C2. The Bertz CT molecular complexity index is 823. The summed E-state index contributed by atoms with van der Waals surface area (Å²) in [4.78, 5) is 17.9. The fourth-order valence-corrected chi connectivity index (χ4v) is 6.16. The van der Waals surface area contributed by atoms with Crippen molar-refractivity contribution in [1.29, 1.82) is 0 Å². The fraction of sp³-hybridized carbons (Fsp3) is 0.571. The number of rotatable bonds is 3. The Morgan fingerprint density at radius 1 is 1.19 bits per heavy atom. The lowest BCUT2D eigenvalue weighted by molar-refractivity contribution is -0.0154. The maximum absolute atomic E-state index is 13.4. The number of aromatic nitrogens is 1. The van der Waals surface area contributed by atoms with E-state index in [-0.39, 0.29) is 17.4 Å². The number of nitrogens with zero attached hydrogens (tertiary/aromatic N) is 1. The Hall–Kier alpha value is -2.04. The van der Waals surface area contributed by atoms with Crippen LogP contribution < -0.4 is 5.32 Å². The molecule has 0 aliphatic heterocycles. The number of amides is 2. The molecule has 4 aliphatic carbocycles. The van der Waals surface area contributed by atoms with Crippen molar-refractivity contribution in [3.63, 3.8) is 0 Å². The van der Waals surface area contributed by atoms with Crippen LogP contribution in [0.4, 0.5) is 9.18 Å². The summed E-state index contributed by atoms with van der Waals surface area (Å²) in [6, 6.07) is 6.64. The van der Waals surface area contributed by atoms with Gasteiger partial charge in [0.1, 0.15) is 5.82 Å². The molecule has 4 bridgehead atoms. The molecule has 0 radical (unpaired) electrons. The third-order valence-corrected chi connectivity index (χ3v) is 6.80. The number of carbonyl (C=O) groups excluding carboxylic acids is 1. The second-order valence-corrected chi connectivity index (χ2v) is 9.01. The monoisotopic (exact) mass is 355 g/mol. The lowest BCUT2D eigenvalue weighted by Crippen LogP contribution is -2.61. The third-order valence-electron chi connectivity index (χ3n) is 6.80. The Balaban J connectivity index is 1.28. The molecule has 2 aromatic rings. The number of urea groups is 1. The van der Waals surface area contributed by atoms with E-state index < -0.39 is 0 Å². The summed E-state index contributed by atoms with van der Waals surface area (Å²) in [5.41, 5.74) is 1.86. The van der Waals surface area contributed by atoms with E-state index in [4.69, 9.17) is 0 Å². The van der Waals surface area contributed by atoms with E-state index in [1.54, 1.807) is 11.0 Å². The van der Waals surface area contributed by atoms with Crippen molar-refractivity contribution in [1.82, 2.24) is 15.2 Å². The second kappa shape index (κ2) is 5.73. The molecule has 4 fully saturated rings. The summed E-state index contributed by atoms with van der Waals surface area (Å²) in [5.74, 6) is 2.21. The molecule has 1 heterocycles.